The number of aryl methyl sites for hydroxylation is 1. The first-order chi connectivity index (χ1) is 8.16. The normalized spacial score (nSPS) is 12.6. The van der Waals surface area contributed by atoms with Crippen LogP contribution in [0.15, 0.2) is 35.0 Å². The van der Waals surface area contributed by atoms with Gasteiger partial charge in [0, 0.05) is 12.6 Å². The third kappa shape index (κ3) is 3.14. The Hall–Kier alpha value is -1.19. The van der Waals surface area contributed by atoms with Crippen LogP contribution in [-0.4, -0.2) is 0 Å². The smallest absolute Gasteiger partial charge is 0.123 e. The first-order valence-corrected chi connectivity index (χ1v) is 6.61. The van der Waals surface area contributed by atoms with Gasteiger partial charge in [-0.15, -0.1) is 0 Å². The zero-order valence-corrected chi connectivity index (χ0v) is 10.9. The lowest BCUT2D eigenvalue weighted by atomic mass is 10.1. The van der Waals surface area contributed by atoms with Crippen LogP contribution in [0, 0.1) is 12.7 Å². The van der Waals surface area contributed by atoms with E-state index < -0.39 is 0 Å². The van der Waals surface area contributed by atoms with Gasteiger partial charge in [0.15, 0.2) is 0 Å². The Kier molecular flexibility index (Phi) is 3.92. The summed E-state index contributed by atoms with van der Waals surface area (Å²) >= 11 is 1.73. The lowest BCUT2D eigenvalue weighted by Gasteiger charge is -2.14. The number of rotatable bonds is 4. The molecule has 1 aromatic carbocycles. The summed E-state index contributed by atoms with van der Waals surface area (Å²) in [6.45, 7) is 5.07. The second-order valence-electron chi connectivity index (χ2n) is 4.23. The molecule has 0 spiro atoms. The summed E-state index contributed by atoms with van der Waals surface area (Å²) in [5.41, 5.74) is 3.78. The molecule has 1 nitrogen and oxygen atoms in total. The van der Waals surface area contributed by atoms with Crippen LogP contribution in [0.5, 0.6) is 0 Å². The van der Waals surface area contributed by atoms with Crippen molar-refractivity contribution in [3.05, 3.63) is 57.5 Å². The number of thiophene rings is 1. The molecule has 0 fully saturated rings. The summed E-state index contributed by atoms with van der Waals surface area (Å²) in [4.78, 5) is 0. The summed E-state index contributed by atoms with van der Waals surface area (Å²) in [5, 5.41) is 7.76. The van der Waals surface area contributed by atoms with E-state index in [-0.39, 0.29) is 11.9 Å². The Morgan fingerprint density at radius 3 is 2.53 bits per heavy atom. The van der Waals surface area contributed by atoms with Crippen molar-refractivity contribution >= 4 is 11.3 Å². The van der Waals surface area contributed by atoms with Crippen LogP contribution in [0.2, 0.25) is 0 Å². The first kappa shape index (κ1) is 12.3. The second kappa shape index (κ2) is 5.43. The average molecular weight is 249 g/mol. The summed E-state index contributed by atoms with van der Waals surface area (Å²) in [7, 11) is 0. The highest BCUT2D eigenvalue weighted by Gasteiger charge is 2.06. The minimum absolute atomic E-state index is 0.186. The lowest BCUT2D eigenvalue weighted by Crippen LogP contribution is -2.18. The third-order valence-corrected chi connectivity index (χ3v) is 3.84. The van der Waals surface area contributed by atoms with Gasteiger partial charge in [-0.1, -0.05) is 12.1 Å². The van der Waals surface area contributed by atoms with E-state index >= 15 is 0 Å². The lowest BCUT2D eigenvalue weighted by molar-refractivity contribution is 0.570. The van der Waals surface area contributed by atoms with Gasteiger partial charge in [0.25, 0.3) is 0 Å². The fourth-order valence-corrected chi connectivity index (χ4v) is 2.56. The Morgan fingerprint density at radius 1 is 1.24 bits per heavy atom. The van der Waals surface area contributed by atoms with E-state index in [4.69, 9.17) is 0 Å². The molecule has 0 saturated carbocycles. The SMILES string of the molecule is Cc1cscc1CNC(C)c1ccc(F)cc1. The van der Waals surface area contributed by atoms with E-state index in [0.29, 0.717) is 0 Å². The van der Waals surface area contributed by atoms with E-state index in [0.717, 1.165) is 12.1 Å². The second-order valence-corrected chi connectivity index (χ2v) is 4.98. The molecule has 90 valence electrons. The molecule has 1 atom stereocenters. The van der Waals surface area contributed by atoms with Gasteiger partial charge in [0.1, 0.15) is 5.82 Å². The predicted octanol–water partition coefficient (Wildman–Crippen LogP) is 4.05. The molecule has 0 amide bonds. The summed E-state index contributed by atoms with van der Waals surface area (Å²) in [5.74, 6) is -0.186. The van der Waals surface area contributed by atoms with Crippen molar-refractivity contribution in [1.82, 2.24) is 5.32 Å². The minimum Gasteiger partial charge on any atom is -0.306 e. The van der Waals surface area contributed by atoms with Crippen molar-refractivity contribution in [3.8, 4) is 0 Å². The number of nitrogens with one attached hydrogen (secondary N) is 1. The van der Waals surface area contributed by atoms with Gasteiger partial charge < -0.3 is 5.32 Å². The Labute approximate surface area is 105 Å². The van der Waals surface area contributed by atoms with Crippen LogP contribution in [0.3, 0.4) is 0 Å². The molecule has 1 aromatic heterocycles. The quantitative estimate of drug-likeness (QED) is 0.862. The van der Waals surface area contributed by atoms with E-state index in [1.165, 1.54) is 23.3 Å². The summed E-state index contributed by atoms with van der Waals surface area (Å²) in [6, 6.07) is 6.89. The molecule has 0 aliphatic heterocycles. The first-order valence-electron chi connectivity index (χ1n) is 5.67. The zero-order chi connectivity index (χ0) is 12.3. The van der Waals surface area contributed by atoms with Gasteiger partial charge in [-0.25, -0.2) is 4.39 Å². The van der Waals surface area contributed by atoms with Crippen molar-refractivity contribution < 1.29 is 4.39 Å². The number of benzene rings is 1. The average Bonchev–Trinajstić information content (AvgIpc) is 2.73. The molecule has 17 heavy (non-hydrogen) atoms. The molecule has 0 aliphatic carbocycles. The maximum absolute atomic E-state index is 12.8. The van der Waals surface area contributed by atoms with E-state index in [1.54, 1.807) is 11.3 Å². The van der Waals surface area contributed by atoms with Crippen LogP contribution < -0.4 is 5.32 Å². The number of halogens is 1. The Bertz CT molecular complexity index is 475. The number of hydrogen-bond acceptors (Lipinski definition) is 2. The van der Waals surface area contributed by atoms with Crippen molar-refractivity contribution in [2.75, 3.05) is 0 Å². The van der Waals surface area contributed by atoms with Crippen LogP contribution >= 0.6 is 11.3 Å². The molecule has 0 aliphatic rings. The molecule has 2 rings (SSSR count). The molecule has 1 unspecified atom stereocenters. The Morgan fingerprint density at radius 2 is 1.94 bits per heavy atom. The standard InChI is InChI=1S/C14H16FNS/c1-10-8-17-9-13(10)7-16-11(2)12-3-5-14(15)6-4-12/h3-6,8-9,11,16H,7H2,1-2H3. The van der Waals surface area contributed by atoms with Gasteiger partial charge in [0.05, 0.1) is 0 Å². The zero-order valence-electron chi connectivity index (χ0n) is 10.0. The van der Waals surface area contributed by atoms with Gasteiger partial charge in [-0.2, -0.15) is 11.3 Å². The molecule has 0 bridgehead atoms. The molecule has 0 saturated heterocycles. The fraction of sp³-hybridized carbons (Fsp3) is 0.286. The van der Waals surface area contributed by atoms with E-state index in [1.807, 2.05) is 12.1 Å². The van der Waals surface area contributed by atoms with Gasteiger partial charge in [-0.3, -0.25) is 0 Å². The van der Waals surface area contributed by atoms with Crippen molar-refractivity contribution in [2.24, 2.45) is 0 Å². The van der Waals surface area contributed by atoms with Crippen LogP contribution in [0.4, 0.5) is 4.39 Å². The molecule has 2 aromatic rings. The minimum atomic E-state index is -0.186. The fourth-order valence-electron chi connectivity index (χ4n) is 1.70. The highest BCUT2D eigenvalue weighted by molar-refractivity contribution is 7.08. The highest BCUT2D eigenvalue weighted by Crippen LogP contribution is 2.17. The summed E-state index contributed by atoms with van der Waals surface area (Å²) in [6.07, 6.45) is 0. The topological polar surface area (TPSA) is 12.0 Å². The van der Waals surface area contributed by atoms with Crippen LogP contribution in [0.1, 0.15) is 29.7 Å². The van der Waals surface area contributed by atoms with Gasteiger partial charge in [0.2, 0.25) is 0 Å². The van der Waals surface area contributed by atoms with Crippen LogP contribution in [-0.2, 0) is 6.54 Å². The van der Waals surface area contributed by atoms with Gasteiger partial charge >= 0.3 is 0 Å². The molecular weight excluding hydrogens is 233 g/mol. The van der Waals surface area contributed by atoms with Gasteiger partial charge in [-0.05, 0) is 53.4 Å². The number of hydrogen-bond donors (Lipinski definition) is 1. The van der Waals surface area contributed by atoms with Crippen molar-refractivity contribution in [1.29, 1.82) is 0 Å². The summed E-state index contributed by atoms with van der Waals surface area (Å²) < 4.78 is 12.8. The molecule has 0 radical (unpaired) electrons. The third-order valence-electron chi connectivity index (χ3n) is 2.93. The van der Waals surface area contributed by atoms with Crippen molar-refractivity contribution in [3.63, 3.8) is 0 Å². The van der Waals surface area contributed by atoms with Crippen LogP contribution in [0.25, 0.3) is 0 Å². The monoisotopic (exact) mass is 249 g/mol. The molecule has 1 N–H and O–H groups in total. The predicted molar refractivity (Wildman–Crippen MR) is 70.7 cm³/mol. The van der Waals surface area contributed by atoms with Crippen molar-refractivity contribution in [2.45, 2.75) is 26.4 Å². The van der Waals surface area contributed by atoms with E-state index in [9.17, 15) is 4.39 Å². The molecule has 3 heteroatoms. The highest BCUT2D eigenvalue weighted by atomic mass is 32.1. The Balaban J connectivity index is 1.95. The van der Waals surface area contributed by atoms with E-state index in [2.05, 4.69) is 29.9 Å². The molecular formula is C14H16FNS. The maximum Gasteiger partial charge on any atom is 0.123 e. The largest absolute Gasteiger partial charge is 0.306 e. The maximum atomic E-state index is 12.8. The molecule has 1 heterocycles.